The number of thiocarbonyl (C=S) groups is 1. The van der Waals surface area contributed by atoms with Crippen LogP contribution in [0.4, 0.5) is 11.4 Å². The van der Waals surface area contributed by atoms with E-state index in [9.17, 15) is 20.0 Å². The third kappa shape index (κ3) is 3.15. The number of phenolic OH excluding ortho intramolecular Hbond substituents is 1. The van der Waals surface area contributed by atoms with Gasteiger partial charge in [-0.25, -0.2) is 0 Å². The molecule has 1 aliphatic heterocycles. The van der Waals surface area contributed by atoms with Crippen molar-refractivity contribution in [2.75, 3.05) is 4.90 Å². The maximum atomic E-state index is 12.6. The van der Waals surface area contributed by atoms with Crippen LogP contribution in [0.5, 0.6) is 5.75 Å². The Bertz CT molecular complexity index is 878. The number of benzene rings is 2. The summed E-state index contributed by atoms with van der Waals surface area (Å²) < 4.78 is 0.363. The minimum atomic E-state index is -0.487. The van der Waals surface area contributed by atoms with Gasteiger partial charge in [0.1, 0.15) is 5.75 Å². The van der Waals surface area contributed by atoms with E-state index in [1.54, 1.807) is 30.3 Å². The van der Waals surface area contributed by atoms with E-state index >= 15 is 0 Å². The number of aromatic hydroxyl groups is 1. The Morgan fingerprint density at radius 3 is 2.58 bits per heavy atom. The lowest BCUT2D eigenvalue weighted by atomic mass is 10.2. The van der Waals surface area contributed by atoms with Crippen LogP contribution in [0, 0.1) is 10.1 Å². The molecule has 1 saturated heterocycles. The van der Waals surface area contributed by atoms with Crippen LogP contribution in [0.1, 0.15) is 5.56 Å². The topological polar surface area (TPSA) is 83.7 Å². The molecule has 1 heterocycles. The molecule has 0 spiro atoms. The fourth-order valence-corrected chi connectivity index (χ4v) is 3.47. The zero-order chi connectivity index (χ0) is 17.3. The van der Waals surface area contributed by atoms with Gasteiger partial charge in [-0.05, 0) is 35.9 Å². The zero-order valence-electron chi connectivity index (χ0n) is 12.1. The first kappa shape index (κ1) is 16.2. The second-order valence-electron chi connectivity index (χ2n) is 4.89. The Balaban J connectivity index is 1.92. The molecule has 3 rings (SSSR count). The lowest BCUT2D eigenvalue weighted by Crippen LogP contribution is -2.27. The van der Waals surface area contributed by atoms with Gasteiger partial charge in [0.15, 0.2) is 4.32 Å². The summed E-state index contributed by atoms with van der Waals surface area (Å²) >= 11 is 6.38. The molecule has 0 radical (unpaired) electrons. The molecule has 0 bridgehead atoms. The normalized spacial score (nSPS) is 16.0. The quantitative estimate of drug-likeness (QED) is 0.390. The fraction of sp³-hybridized carbons (Fsp3) is 0. The average molecular weight is 358 g/mol. The Morgan fingerprint density at radius 1 is 1.21 bits per heavy atom. The molecule has 1 aliphatic rings. The molecule has 24 heavy (non-hydrogen) atoms. The number of nitrogens with zero attached hydrogens (tertiary/aromatic N) is 2. The highest BCUT2D eigenvalue weighted by atomic mass is 32.2. The minimum absolute atomic E-state index is 0.0437. The number of nitro groups is 1. The Labute approximate surface area is 146 Å². The van der Waals surface area contributed by atoms with Gasteiger partial charge >= 0.3 is 0 Å². The summed E-state index contributed by atoms with van der Waals surface area (Å²) in [6.45, 7) is 0. The highest BCUT2D eigenvalue weighted by molar-refractivity contribution is 8.27. The maximum Gasteiger partial charge on any atom is 0.270 e. The van der Waals surface area contributed by atoms with Gasteiger partial charge in [0, 0.05) is 12.1 Å². The summed E-state index contributed by atoms with van der Waals surface area (Å²) in [5, 5.41) is 20.2. The molecule has 0 aliphatic carbocycles. The van der Waals surface area contributed by atoms with Crippen molar-refractivity contribution in [3.63, 3.8) is 0 Å². The molecule has 0 saturated carbocycles. The van der Waals surface area contributed by atoms with Crippen LogP contribution in [-0.2, 0) is 4.79 Å². The molecule has 2 aromatic carbocycles. The Morgan fingerprint density at radius 2 is 1.92 bits per heavy atom. The van der Waals surface area contributed by atoms with Crippen LogP contribution in [0.3, 0.4) is 0 Å². The van der Waals surface area contributed by atoms with E-state index in [4.69, 9.17) is 12.2 Å². The van der Waals surface area contributed by atoms with E-state index in [0.717, 1.165) is 11.8 Å². The smallest absolute Gasteiger partial charge is 0.270 e. The first-order valence-electron chi connectivity index (χ1n) is 6.77. The van der Waals surface area contributed by atoms with Crippen molar-refractivity contribution in [2.24, 2.45) is 0 Å². The van der Waals surface area contributed by atoms with Crippen molar-refractivity contribution in [1.29, 1.82) is 0 Å². The number of amides is 1. The third-order valence-corrected chi connectivity index (χ3v) is 4.58. The van der Waals surface area contributed by atoms with Crippen LogP contribution >= 0.6 is 24.0 Å². The van der Waals surface area contributed by atoms with Gasteiger partial charge in [0.05, 0.1) is 15.5 Å². The lowest BCUT2D eigenvalue weighted by Gasteiger charge is -2.14. The Kier molecular flexibility index (Phi) is 4.32. The number of phenols is 1. The number of carbonyl (C=O) groups is 1. The van der Waals surface area contributed by atoms with Gasteiger partial charge in [0.25, 0.3) is 11.6 Å². The molecule has 0 atom stereocenters. The largest absolute Gasteiger partial charge is 0.508 e. The highest BCUT2D eigenvalue weighted by Gasteiger charge is 2.33. The second-order valence-corrected chi connectivity index (χ2v) is 6.56. The van der Waals surface area contributed by atoms with E-state index in [1.165, 1.54) is 29.2 Å². The molecule has 1 N–H and O–H groups in total. The van der Waals surface area contributed by atoms with Crippen LogP contribution in [0.25, 0.3) is 6.08 Å². The molecule has 0 aromatic heterocycles. The van der Waals surface area contributed by atoms with Crippen molar-refractivity contribution in [3.8, 4) is 5.75 Å². The van der Waals surface area contributed by atoms with E-state index in [1.807, 2.05) is 0 Å². The maximum absolute atomic E-state index is 12.6. The molecule has 1 amide bonds. The summed E-state index contributed by atoms with van der Waals surface area (Å²) in [5.41, 5.74) is 1.06. The standard InChI is InChI=1S/C16H10N2O4S2/c19-13-6-4-11(5-7-13)17-15(20)14(24-16(17)23)9-10-2-1-3-12(8-10)18(21)22/h1-9,19H/b14-9-. The van der Waals surface area contributed by atoms with E-state index in [2.05, 4.69) is 0 Å². The minimum Gasteiger partial charge on any atom is -0.508 e. The number of hydrogen-bond donors (Lipinski definition) is 1. The third-order valence-electron chi connectivity index (χ3n) is 3.28. The van der Waals surface area contributed by atoms with Gasteiger partial charge in [-0.1, -0.05) is 36.1 Å². The SMILES string of the molecule is O=C1/C(=C/c2cccc([N+](=O)[O-])c2)SC(=S)N1c1ccc(O)cc1. The number of anilines is 1. The van der Waals surface area contributed by atoms with Crippen LogP contribution < -0.4 is 4.90 Å². The van der Waals surface area contributed by atoms with E-state index in [0.29, 0.717) is 20.5 Å². The predicted octanol–water partition coefficient (Wildman–Crippen LogP) is 3.71. The number of hydrogen-bond acceptors (Lipinski definition) is 6. The first-order chi connectivity index (χ1) is 11.5. The van der Waals surface area contributed by atoms with Gasteiger partial charge in [-0.15, -0.1) is 0 Å². The van der Waals surface area contributed by atoms with Crippen LogP contribution in [0.2, 0.25) is 0 Å². The van der Waals surface area contributed by atoms with E-state index in [-0.39, 0.29) is 17.3 Å². The average Bonchev–Trinajstić information content (AvgIpc) is 2.83. The summed E-state index contributed by atoms with van der Waals surface area (Å²) in [4.78, 5) is 24.7. The number of thioether (sulfide) groups is 1. The summed E-state index contributed by atoms with van der Waals surface area (Å²) in [6, 6.07) is 12.2. The number of non-ortho nitro benzene ring substituents is 1. The summed E-state index contributed by atoms with van der Waals surface area (Å²) in [5.74, 6) is -0.210. The van der Waals surface area contributed by atoms with Crippen molar-refractivity contribution in [2.45, 2.75) is 0 Å². The molecule has 2 aromatic rings. The van der Waals surface area contributed by atoms with Crippen molar-refractivity contribution in [1.82, 2.24) is 0 Å². The van der Waals surface area contributed by atoms with Crippen molar-refractivity contribution >= 4 is 51.7 Å². The van der Waals surface area contributed by atoms with E-state index < -0.39 is 4.92 Å². The molecule has 6 nitrogen and oxygen atoms in total. The summed E-state index contributed by atoms with van der Waals surface area (Å²) in [6.07, 6.45) is 1.58. The number of rotatable bonds is 3. The number of carbonyl (C=O) groups excluding carboxylic acids is 1. The van der Waals surface area contributed by atoms with Crippen LogP contribution in [0.15, 0.2) is 53.4 Å². The number of nitro benzene ring substituents is 1. The van der Waals surface area contributed by atoms with Gasteiger partial charge in [0.2, 0.25) is 0 Å². The van der Waals surface area contributed by atoms with Crippen molar-refractivity contribution < 1.29 is 14.8 Å². The van der Waals surface area contributed by atoms with Gasteiger partial charge in [-0.2, -0.15) is 0 Å². The van der Waals surface area contributed by atoms with Gasteiger partial charge in [-0.3, -0.25) is 19.8 Å². The van der Waals surface area contributed by atoms with Crippen LogP contribution in [-0.4, -0.2) is 20.3 Å². The van der Waals surface area contributed by atoms with Crippen molar-refractivity contribution in [3.05, 3.63) is 69.1 Å². The summed E-state index contributed by atoms with van der Waals surface area (Å²) in [7, 11) is 0. The second kappa shape index (κ2) is 6.42. The molecule has 120 valence electrons. The highest BCUT2D eigenvalue weighted by Crippen LogP contribution is 2.36. The molecular weight excluding hydrogens is 348 g/mol. The molecular formula is C16H10N2O4S2. The zero-order valence-corrected chi connectivity index (χ0v) is 13.7. The fourth-order valence-electron chi connectivity index (χ4n) is 2.17. The van der Waals surface area contributed by atoms with Gasteiger partial charge < -0.3 is 5.11 Å². The predicted molar refractivity (Wildman–Crippen MR) is 96.9 cm³/mol. The first-order valence-corrected chi connectivity index (χ1v) is 7.99. The monoisotopic (exact) mass is 358 g/mol. The molecule has 0 unspecified atom stereocenters. The lowest BCUT2D eigenvalue weighted by molar-refractivity contribution is -0.384. The molecule has 1 fully saturated rings. The molecule has 8 heteroatoms. The Hall–Kier alpha value is -2.71.